The first-order valence-corrected chi connectivity index (χ1v) is 8.96. The molecule has 0 atom stereocenters. The van der Waals surface area contributed by atoms with Crippen molar-refractivity contribution in [3.8, 4) is 11.5 Å². The third kappa shape index (κ3) is 3.88. The monoisotopic (exact) mass is 376 g/mol. The number of nitrogens with zero attached hydrogens (tertiary/aromatic N) is 2. The minimum Gasteiger partial charge on any atom is -0.486 e. The standard InChI is InChI=1S/C21H20N4O3/c1-13-3-4-15(9-14(13)2)24-20-12-22-17(11-23-20)21(26)25-16-5-6-18-19(10-16)28-8-7-27-18/h3-6,9-12H,7-8H2,1-2H3,(H,23,24)(H,25,26). The highest BCUT2D eigenvalue weighted by atomic mass is 16.6. The Bertz CT molecular complexity index is 1020. The highest BCUT2D eigenvalue weighted by molar-refractivity contribution is 6.02. The molecule has 4 rings (SSSR count). The molecule has 1 amide bonds. The molecule has 0 spiro atoms. The normalized spacial score (nSPS) is 12.4. The van der Waals surface area contributed by atoms with Gasteiger partial charge in [0.1, 0.15) is 24.7 Å². The van der Waals surface area contributed by atoms with Gasteiger partial charge in [0.05, 0.1) is 12.4 Å². The molecule has 0 bridgehead atoms. The van der Waals surface area contributed by atoms with Gasteiger partial charge in [-0.05, 0) is 49.2 Å². The predicted molar refractivity (Wildman–Crippen MR) is 107 cm³/mol. The van der Waals surface area contributed by atoms with E-state index in [0.29, 0.717) is 36.2 Å². The van der Waals surface area contributed by atoms with Crippen LogP contribution in [0.1, 0.15) is 21.6 Å². The lowest BCUT2D eigenvalue weighted by molar-refractivity contribution is 0.102. The number of carbonyl (C=O) groups is 1. The summed E-state index contributed by atoms with van der Waals surface area (Å²) in [5, 5.41) is 5.98. The van der Waals surface area contributed by atoms with Gasteiger partial charge in [0.2, 0.25) is 0 Å². The lowest BCUT2D eigenvalue weighted by Gasteiger charge is -2.18. The summed E-state index contributed by atoms with van der Waals surface area (Å²) >= 11 is 0. The molecular formula is C21H20N4O3. The van der Waals surface area contributed by atoms with Crippen LogP contribution in [-0.4, -0.2) is 29.1 Å². The van der Waals surface area contributed by atoms with Gasteiger partial charge in [-0.2, -0.15) is 0 Å². The third-order valence-corrected chi connectivity index (χ3v) is 4.46. The summed E-state index contributed by atoms with van der Waals surface area (Å²) in [7, 11) is 0. The average molecular weight is 376 g/mol. The molecule has 0 fully saturated rings. The van der Waals surface area contributed by atoms with Crippen molar-refractivity contribution in [3.63, 3.8) is 0 Å². The van der Waals surface area contributed by atoms with E-state index < -0.39 is 0 Å². The number of rotatable bonds is 4. The second-order valence-electron chi connectivity index (χ2n) is 6.52. The van der Waals surface area contributed by atoms with Crippen LogP contribution in [0.2, 0.25) is 0 Å². The van der Waals surface area contributed by atoms with Crippen LogP contribution >= 0.6 is 0 Å². The summed E-state index contributed by atoms with van der Waals surface area (Å²) in [5.41, 5.74) is 4.16. The second-order valence-corrected chi connectivity index (χ2v) is 6.52. The number of ether oxygens (including phenoxy) is 2. The van der Waals surface area contributed by atoms with E-state index in [0.717, 1.165) is 5.69 Å². The largest absolute Gasteiger partial charge is 0.486 e. The Balaban J connectivity index is 1.43. The van der Waals surface area contributed by atoms with Gasteiger partial charge in [-0.25, -0.2) is 9.97 Å². The van der Waals surface area contributed by atoms with Gasteiger partial charge in [0.15, 0.2) is 11.5 Å². The second kappa shape index (κ2) is 7.56. The van der Waals surface area contributed by atoms with Gasteiger partial charge in [-0.3, -0.25) is 4.79 Å². The van der Waals surface area contributed by atoms with E-state index in [-0.39, 0.29) is 11.6 Å². The van der Waals surface area contributed by atoms with Crippen molar-refractivity contribution in [2.75, 3.05) is 23.8 Å². The fraction of sp³-hybridized carbons (Fsp3) is 0.190. The van der Waals surface area contributed by atoms with E-state index in [1.807, 2.05) is 18.2 Å². The molecule has 28 heavy (non-hydrogen) atoms. The van der Waals surface area contributed by atoms with Crippen LogP contribution in [-0.2, 0) is 0 Å². The molecule has 7 heteroatoms. The molecular weight excluding hydrogens is 356 g/mol. The van der Waals surface area contributed by atoms with E-state index in [4.69, 9.17) is 9.47 Å². The van der Waals surface area contributed by atoms with Crippen LogP contribution in [0.15, 0.2) is 48.8 Å². The average Bonchev–Trinajstić information content (AvgIpc) is 2.71. The van der Waals surface area contributed by atoms with Crippen LogP contribution in [0.3, 0.4) is 0 Å². The molecule has 1 aliphatic rings. The van der Waals surface area contributed by atoms with Crippen LogP contribution in [0, 0.1) is 13.8 Å². The van der Waals surface area contributed by atoms with Crippen molar-refractivity contribution in [1.82, 2.24) is 9.97 Å². The van der Waals surface area contributed by atoms with E-state index in [1.165, 1.54) is 23.5 Å². The summed E-state index contributed by atoms with van der Waals surface area (Å²) in [6.07, 6.45) is 2.98. The van der Waals surface area contributed by atoms with Gasteiger partial charge in [-0.15, -0.1) is 0 Å². The van der Waals surface area contributed by atoms with E-state index in [1.54, 1.807) is 18.2 Å². The van der Waals surface area contributed by atoms with E-state index in [2.05, 4.69) is 34.4 Å². The molecule has 0 radical (unpaired) electrons. The highest BCUT2D eigenvalue weighted by Crippen LogP contribution is 2.32. The zero-order valence-corrected chi connectivity index (χ0v) is 15.7. The molecule has 1 aromatic heterocycles. The molecule has 0 unspecified atom stereocenters. The summed E-state index contributed by atoms with van der Waals surface area (Å²) in [5.74, 6) is 1.51. The first-order valence-electron chi connectivity index (χ1n) is 8.96. The number of amides is 1. The van der Waals surface area contributed by atoms with E-state index >= 15 is 0 Å². The fourth-order valence-electron chi connectivity index (χ4n) is 2.79. The molecule has 2 N–H and O–H groups in total. The molecule has 7 nitrogen and oxygen atoms in total. The Kier molecular flexibility index (Phi) is 4.80. The lowest BCUT2D eigenvalue weighted by atomic mass is 10.1. The van der Waals surface area contributed by atoms with Crippen molar-refractivity contribution in [2.24, 2.45) is 0 Å². The number of benzene rings is 2. The Morgan fingerprint density at radius 2 is 1.68 bits per heavy atom. The minimum absolute atomic E-state index is 0.223. The highest BCUT2D eigenvalue weighted by Gasteiger charge is 2.14. The molecule has 0 saturated carbocycles. The van der Waals surface area contributed by atoms with Crippen molar-refractivity contribution in [2.45, 2.75) is 13.8 Å². The van der Waals surface area contributed by atoms with Gasteiger partial charge in [0.25, 0.3) is 5.91 Å². The first kappa shape index (κ1) is 17.8. The van der Waals surface area contributed by atoms with Crippen LogP contribution in [0.4, 0.5) is 17.2 Å². The third-order valence-electron chi connectivity index (χ3n) is 4.46. The van der Waals surface area contributed by atoms with Crippen LogP contribution in [0.25, 0.3) is 0 Å². The zero-order chi connectivity index (χ0) is 19.5. The summed E-state index contributed by atoms with van der Waals surface area (Å²) in [6, 6.07) is 11.3. The molecule has 0 aliphatic carbocycles. The molecule has 142 valence electrons. The quantitative estimate of drug-likeness (QED) is 0.719. The maximum Gasteiger partial charge on any atom is 0.275 e. The number of fused-ring (bicyclic) bond motifs is 1. The van der Waals surface area contributed by atoms with Crippen LogP contribution < -0.4 is 20.1 Å². The molecule has 0 saturated heterocycles. The van der Waals surface area contributed by atoms with Crippen molar-refractivity contribution >= 4 is 23.1 Å². The van der Waals surface area contributed by atoms with Crippen molar-refractivity contribution < 1.29 is 14.3 Å². The zero-order valence-electron chi connectivity index (χ0n) is 15.7. The number of anilines is 3. The Morgan fingerprint density at radius 1 is 0.893 bits per heavy atom. The molecule has 2 heterocycles. The molecule has 2 aromatic carbocycles. The number of aromatic nitrogens is 2. The molecule has 3 aromatic rings. The number of nitrogens with one attached hydrogen (secondary N) is 2. The number of carbonyl (C=O) groups excluding carboxylic acids is 1. The van der Waals surface area contributed by atoms with Crippen LogP contribution in [0.5, 0.6) is 11.5 Å². The van der Waals surface area contributed by atoms with Gasteiger partial charge >= 0.3 is 0 Å². The fourth-order valence-corrected chi connectivity index (χ4v) is 2.79. The Hall–Kier alpha value is -3.61. The Morgan fingerprint density at radius 3 is 2.43 bits per heavy atom. The van der Waals surface area contributed by atoms with Gasteiger partial charge in [-0.1, -0.05) is 6.07 Å². The number of hydrogen-bond acceptors (Lipinski definition) is 6. The summed E-state index contributed by atoms with van der Waals surface area (Å²) < 4.78 is 11.0. The first-order chi connectivity index (χ1) is 13.6. The minimum atomic E-state index is -0.345. The number of aryl methyl sites for hydroxylation is 2. The maximum atomic E-state index is 12.4. The lowest BCUT2D eigenvalue weighted by Crippen LogP contribution is -2.17. The summed E-state index contributed by atoms with van der Waals surface area (Å²) in [4.78, 5) is 20.9. The topological polar surface area (TPSA) is 85.4 Å². The Labute approximate surface area is 162 Å². The van der Waals surface area contributed by atoms with Crippen molar-refractivity contribution in [3.05, 3.63) is 65.6 Å². The van der Waals surface area contributed by atoms with Gasteiger partial charge < -0.3 is 20.1 Å². The smallest absolute Gasteiger partial charge is 0.275 e. The van der Waals surface area contributed by atoms with E-state index in [9.17, 15) is 4.79 Å². The van der Waals surface area contributed by atoms with Gasteiger partial charge in [0, 0.05) is 17.4 Å². The SMILES string of the molecule is Cc1ccc(Nc2cnc(C(=O)Nc3ccc4c(c3)OCCO4)cn2)cc1C. The molecule has 1 aliphatic heterocycles. The number of hydrogen-bond donors (Lipinski definition) is 2. The van der Waals surface area contributed by atoms with Crippen molar-refractivity contribution in [1.29, 1.82) is 0 Å². The summed E-state index contributed by atoms with van der Waals surface area (Å²) in [6.45, 7) is 5.13. The predicted octanol–water partition coefficient (Wildman–Crippen LogP) is 3.86. The maximum absolute atomic E-state index is 12.4.